The number of carboxylic acids is 1. The Hall–Kier alpha value is -6.20. The molecule has 0 atom stereocenters. The molecule has 2 fully saturated rings. The number of benzene rings is 2. The Morgan fingerprint density at radius 3 is 1.63 bits per heavy atom. The Morgan fingerprint density at radius 1 is 0.731 bits per heavy atom. The van der Waals surface area contributed by atoms with Crippen LogP contribution in [0.25, 0.3) is 11.6 Å². The highest BCUT2D eigenvalue weighted by atomic mass is 35.5. The summed E-state index contributed by atoms with van der Waals surface area (Å²) in [4.78, 5) is 49.3. The van der Waals surface area contributed by atoms with E-state index >= 15 is 0 Å². The fourth-order valence-electron chi connectivity index (χ4n) is 6.96. The molecule has 0 spiro atoms. The first-order valence-electron chi connectivity index (χ1n) is 21.1. The van der Waals surface area contributed by atoms with E-state index in [2.05, 4.69) is 45.9 Å². The zero-order chi connectivity index (χ0) is 48.0. The first-order chi connectivity index (χ1) is 32.3. The van der Waals surface area contributed by atoms with Gasteiger partial charge in [-0.2, -0.15) is 9.97 Å². The maximum absolute atomic E-state index is 13.7. The van der Waals surface area contributed by atoms with Gasteiger partial charge in [0.25, 0.3) is 5.91 Å². The Labute approximate surface area is 393 Å². The van der Waals surface area contributed by atoms with Crippen LogP contribution in [-0.2, 0) is 35.8 Å². The number of carbonyl (C=O) groups excluding carboxylic acids is 1. The summed E-state index contributed by atoms with van der Waals surface area (Å²) in [6, 6.07) is 5.33. The zero-order valence-electron chi connectivity index (χ0n) is 36.6. The van der Waals surface area contributed by atoms with Gasteiger partial charge in [-0.1, -0.05) is 23.2 Å². The molecule has 2 aliphatic rings. The van der Waals surface area contributed by atoms with Crippen molar-refractivity contribution >= 4 is 47.0 Å². The minimum absolute atomic E-state index is 0.00915. The van der Waals surface area contributed by atoms with Crippen molar-refractivity contribution in [2.75, 3.05) is 37.1 Å². The summed E-state index contributed by atoms with van der Waals surface area (Å²) in [6.07, 6.45) is 13.0. The van der Waals surface area contributed by atoms with E-state index in [0.717, 1.165) is 62.2 Å². The zero-order valence-corrected chi connectivity index (χ0v) is 38.1. The molecule has 6 heterocycles. The Balaban J connectivity index is 0.000000186. The SMILES string of the molecule is Cc1cnc(NC2CCOCC2)nc1-n1cnc(C(=O)NCc2cc(F)cc(Cl)c2CO)c1.Cc1cnc(NC2CCOCC2)nc1-n1cnc(C(=O)O)c1.NCc1cc(F)cc(Cl)c1CO. The number of halogens is 4. The summed E-state index contributed by atoms with van der Waals surface area (Å²) in [6.45, 7) is 6.21. The third-order valence-electron chi connectivity index (χ3n) is 10.6. The van der Waals surface area contributed by atoms with E-state index < -0.39 is 23.5 Å². The van der Waals surface area contributed by atoms with E-state index in [-0.39, 0.29) is 53.8 Å². The highest BCUT2D eigenvalue weighted by molar-refractivity contribution is 6.31. The largest absolute Gasteiger partial charge is 0.476 e. The molecular formula is C44H50Cl2F2N12O7. The molecule has 8 N–H and O–H groups in total. The average Bonchev–Trinajstić information content (AvgIpc) is 4.02. The Kier molecular flexibility index (Phi) is 18.0. The number of carbonyl (C=O) groups is 2. The van der Waals surface area contributed by atoms with Gasteiger partial charge in [-0.3, -0.25) is 13.9 Å². The number of imidazole rings is 2. The molecule has 2 aromatic carbocycles. The van der Waals surface area contributed by atoms with Gasteiger partial charge in [0, 0.05) is 109 Å². The summed E-state index contributed by atoms with van der Waals surface area (Å²) >= 11 is 11.6. The third kappa shape index (κ3) is 13.7. The van der Waals surface area contributed by atoms with Crippen LogP contribution in [0.3, 0.4) is 0 Å². The lowest BCUT2D eigenvalue weighted by Gasteiger charge is -2.23. The summed E-state index contributed by atoms with van der Waals surface area (Å²) < 4.78 is 40.3. The van der Waals surface area contributed by atoms with E-state index in [1.54, 1.807) is 27.7 Å². The number of ether oxygens (including phenoxy) is 2. The number of aromatic nitrogens is 8. The first kappa shape index (κ1) is 50.2. The topological polar surface area (TPSA) is 263 Å². The molecule has 23 heteroatoms. The predicted octanol–water partition coefficient (Wildman–Crippen LogP) is 5.47. The number of anilines is 2. The third-order valence-corrected chi connectivity index (χ3v) is 11.3. The van der Waals surface area contributed by atoms with E-state index in [4.69, 9.17) is 48.6 Å². The fourth-order valence-corrected chi connectivity index (χ4v) is 7.53. The van der Waals surface area contributed by atoms with Crippen LogP contribution in [0.5, 0.6) is 0 Å². The molecule has 19 nitrogen and oxygen atoms in total. The van der Waals surface area contributed by atoms with Crippen molar-refractivity contribution in [2.45, 2.75) is 77.9 Å². The molecule has 0 aliphatic carbocycles. The molecule has 0 unspecified atom stereocenters. The van der Waals surface area contributed by atoms with Crippen LogP contribution >= 0.6 is 23.2 Å². The van der Waals surface area contributed by atoms with E-state index in [1.807, 2.05) is 13.8 Å². The molecule has 67 heavy (non-hydrogen) atoms. The second kappa shape index (κ2) is 24.0. The van der Waals surface area contributed by atoms with Crippen molar-refractivity contribution in [3.63, 3.8) is 0 Å². The highest BCUT2D eigenvalue weighted by Gasteiger charge is 2.19. The van der Waals surface area contributed by atoms with Gasteiger partial charge in [0.05, 0.1) is 13.2 Å². The molecule has 6 aromatic rings. The van der Waals surface area contributed by atoms with Crippen LogP contribution in [0.4, 0.5) is 20.7 Å². The number of aryl methyl sites for hydroxylation is 2. The van der Waals surface area contributed by atoms with Gasteiger partial charge in [-0.05, 0) is 74.9 Å². The molecule has 4 aromatic heterocycles. The van der Waals surface area contributed by atoms with E-state index in [1.165, 1.54) is 31.0 Å². The number of rotatable bonds is 13. The van der Waals surface area contributed by atoms with Crippen molar-refractivity contribution < 1.29 is 43.2 Å². The lowest BCUT2D eigenvalue weighted by atomic mass is 10.1. The number of carboxylic acid groups (broad SMARTS) is 1. The van der Waals surface area contributed by atoms with Crippen molar-refractivity contribution in [3.8, 4) is 11.6 Å². The molecule has 356 valence electrons. The minimum atomic E-state index is -1.06. The maximum atomic E-state index is 13.7. The monoisotopic (exact) mass is 966 g/mol. The highest BCUT2D eigenvalue weighted by Crippen LogP contribution is 2.24. The lowest BCUT2D eigenvalue weighted by molar-refractivity contribution is 0.0690. The number of amides is 1. The first-order valence-corrected chi connectivity index (χ1v) is 21.8. The molecule has 1 amide bonds. The van der Waals surface area contributed by atoms with Crippen LogP contribution in [-0.4, -0.2) is 105 Å². The number of nitrogens with one attached hydrogen (secondary N) is 3. The summed E-state index contributed by atoms with van der Waals surface area (Å²) in [5, 5.41) is 36.9. The summed E-state index contributed by atoms with van der Waals surface area (Å²) in [5.41, 5.74) is 8.94. The second-order valence-electron chi connectivity index (χ2n) is 15.4. The molecule has 0 saturated carbocycles. The number of aromatic carboxylic acids is 1. The van der Waals surface area contributed by atoms with Gasteiger partial charge in [-0.15, -0.1) is 0 Å². The fraction of sp³-hybridized carbons (Fsp3) is 0.364. The average molecular weight is 968 g/mol. The van der Waals surface area contributed by atoms with Crippen molar-refractivity contribution in [2.24, 2.45) is 5.73 Å². The lowest BCUT2D eigenvalue weighted by Crippen LogP contribution is -2.28. The maximum Gasteiger partial charge on any atom is 0.356 e. The van der Waals surface area contributed by atoms with Crippen LogP contribution in [0.15, 0.2) is 61.7 Å². The molecule has 2 aliphatic heterocycles. The van der Waals surface area contributed by atoms with Crippen LogP contribution in [0.1, 0.15) is 80.0 Å². The van der Waals surface area contributed by atoms with Crippen molar-refractivity contribution in [3.05, 3.63) is 128 Å². The number of aliphatic hydroxyl groups is 2. The second-order valence-corrected chi connectivity index (χ2v) is 16.2. The summed E-state index contributed by atoms with van der Waals surface area (Å²) in [7, 11) is 0. The minimum Gasteiger partial charge on any atom is -0.476 e. The normalized spacial score (nSPS) is 14.0. The number of aliphatic hydroxyl groups excluding tert-OH is 2. The van der Waals surface area contributed by atoms with Crippen LogP contribution in [0.2, 0.25) is 10.0 Å². The standard InChI is InChI=1S/C22H24ClFN6O3.C14H17N5O3.C8H9ClFNO/c1-13-8-26-22(28-16-2-4-33-5-3-16)29-20(13)30-10-19(27-12-30)21(32)25-9-14-6-15(24)7-18(23)17(14)11-31;1-9-6-15-14(17-10-2-4-22-5-3-10)18-12(9)19-7-11(13(20)21)16-8-19;9-8-2-6(10)1-5(3-11)7(8)4-12/h6-8,10,12,16,31H,2-5,9,11H2,1H3,(H,25,32)(H,26,28,29);6-8,10H,2-5H2,1H3,(H,20,21)(H,15,17,18);1-2,12H,3-4,11H2. The summed E-state index contributed by atoms with van der Waals surface area (Å²) in [5.74, 6) is -0.251. The number of nitrogens with two attached hydrogens (primary N) is 1. The van der Waals surface area contributed by atoms with Gasteiger partial charge in [-0.25, -0.2) is 33.5 Å². The number of nitrogens with zero attached hydrogens (tertiary/aromatic N) is 8. The number of hydrogen-bond donors (Lipinski definition) is 7. The van der Waals surface area contributed by atoms with Gasteiger partial charge in [0.1, 0.15) is 41.6 Å². The van der Waals surface area contributed by atoms with Gasteiger partial charge in [0.2, 0.25) is 11.9 Å². The van der Waals surface area contributed by atoms with Crippen molar-refractivity contribution in [1.29, 1.82) is 0 Å². The van der Waals surface area contributed by atoms with E-state index in [9.17, 15) is 23.5 Å². The van der Waals surface area contributed by atoms with E-state index in [0.29, 0.717) is 65.0 Å². The predicted molar refractivity (Wildman–Crippen MR) is 243 cm³/mol. The van der Waals surface area contributed by atoms with Crippen LogP contribution < -0.4 is 21.7 Å². The smallest absolute Gasteiger partial charge is 0.356 e. The molecule has 2 saturated heterocycles. The molecular weight excluding hydrogens is 917 g/mol. The van der Waals surface area contributed by atoms with Crippen molar-refractivity contribution in [1.82, 2.24) is 44.4 Å². The quantitative estimate of drug-likeness (QED) is 0.0757. The number of hydrogen-bond acceptors (Lipinski definition) is 15. The Morgan fingerprint density at radius 2 is 1.18 bits per heavy atom. The van der Waals surface area contributed by atoms with Gasteiger partial charge < -0.3 is 46.5 Å². The Bertz CT molecular complexity index is 2640. The molecule has 0 radical (unpaired) electrons. The van der Waals surface area contributed by atoms with Gasteiger partial charge >= 0.3 is 5.97 Å². The molecule has 0 bridgehead atoms. The molecule has 8 rings (SSSR count). The van der Waals surface area contributed by atoms with Gasteiger partial charge in [0.15, 0.2) is 5.69 Å². The van der Waals surface area contributed by atoms with Crippen LogP contribution in [0, 0.1) is 25.5 Å².